The van der Waals surface area contributed by atoms with E-state index in [1.54, 1.807) is 4.88 Å². The Labute approximate surface area is 88.7 Å². The maximum atomic E-state index is 4.68. The van der Waals surface area contributed by atoms with E-state index in [0.717, 1.165) is 12.6 Å². The van der Waals surface area contributed by atoms with E-state index < -0.39 is 0 Å². The lowest BCUT2D eigenvalue weighted by atomic mass is 9.93. The Bertz CT molecular complexity index is 307. The van der Waals surface area contributed by atoms with Gasteiger partial charge in [0, 0.05) is 17.5 Å². The second-order valence-corrected chi connectivity index (χ2v) is 5.51. The van der Waals surface area contributed by atoms with Crippen LogP contribution in [0.25, 0.3) is 0 Å². The zero-order valence-electron chi connectivity index (χ0n) is 8.38. The second-order valence-electron chi connectivity index (χ2n) is 4.34. The number of rotatable bonds is 3. The molecule has 1 fully saturated rings. The standard InChI is InChI=1S/C11H16N2S/c1-3-8(4-1)12-7-11-13-9-5-2-6-10(9)14-11/h8,12H,1-7H2. The molecule has 0 aromatic carbocycles. The van der Waals surface area contributed by atoms with Crippen LogP contribution in [0, 0.1) is 0 Å². The third-order valence-electron chi connectivity index (χ3n) is 3.29. The zero-order chi connectivity index (χ0) is 9.38. The minimum atomic E-state index is 0.786. The fraction of sp³-hybridized carbons (Fsp3) is 0.727. The minimum Gasteiger partial charge on any atom is -0.308 e. The van der Waals surface area contributed by atoms with Gasteiger partial charge in [0.05, 0.1) is 5.69 Å². The zero-order valence-corrected chi connectivity index (χ0v) is 9.20. The van der Waals surface area contributed by atoms with Crippen molar-refractivity contribution in [3.8, 4) is 0 Å². The summed E-state index contributed by atoms with van der Waals surface area (Å²) in [5, 5.41) is 4.88. The summed E-state index contributed by atoms with van der Waals surface area (Å²) in [6.07, 6.45) is 7.96. The molecule has 0 unspecified atom stereocenters. The largest absolute Gasteiger partial charge is 0.308 e. The molecular weight excluding hydrogens is 192 g/mol. The smallest absolute Gasteiger partial charge is 0.107 e. The normalized spacial score (nSPS) is 20.9. The summed E-state index contributed by atoms with van der Waals surface area (Å²) in [7, 11) is 0. The van der Waals surface area contributed by atoms with E-state index in [-0.39, 0.29) is 0 Å². The van der Waals surface area contributed by atoms with Crippen LogP contribution in [-0.2, 0) is 19.4 Å². The number of aromatic nitrogens is 1. The number of hydrogen-bond acceptors (Lipinski definition) is 3. The first-order chi connectivity index (χ1) is 6.92. The lowest BCUT2D eigenvalue weighted by Gasteiger charge is -2.25. The first kappa shape index (κ1) is 8.86. The first-order valence-electron chi connectivity index (χ1n) is 5.62. The van der Waals surface area contributed by atoms with Crippen molar-refractivity contribution in [2.75, 3.05) is 0 Å². The first-order valence-corrected chi connectivity index (χ1v) is 6.44. The van der Waals surface area contributed by atoms with Gasteiger partial charge in [-0.25, -0.2) is 4.98 Å². The summed E-state index contributed by atoms with van der Waals surface area (Å²) < 4.78 is 0. The Morgan fingerprint density at radius 3 is 2.93 bits per heavy atom. The molecule has 76 valence electrons. The highest BCUT2D eigenvalue weighted by Gasteiger charge is 2.19. The SMILES string of the molecule is C1Cc2nc(CNC3CCC3)sc2C1. The molecule has 0 bridgehead atoms. The molecule has 1 heterocycles. The second kappa shape index (κ2) is 3.63. The molecule has 0 spiro atoms. The predicted molar refractivity (Wildman–Crippen MR) is 58.6 cm³/mol. The van der Waals surface area contributed by atoms with E-state index in [4.69, 9.17) is 0 Å². The molecule has 2 nitrogen and oxygen atoms in total. The lowest BCUT2D eigenvalue weighted by Crippen LogP contribution is -2.34. The Hall–Kier alpha value is -0.410. The monoisotopic (exact) mass is 208 g/mol. The molecule has 1 saturated carbocycles. The number of hydrogen-bond donors (Lipinski definition) is 1. The van der Waals surface area contributed by atoms with Crippen LogP contribution in [0.4, 0.5) is 0 Å². The molecule has 3 rings (SSSR count). The fourth-order valence-electron chi connectivity index (χ4n) is 2.16. The van der Waals surface area contributed by atoms with Crippen LogP contribution < -0.4 is 5.32 Å². The highest BCUT2D eigenvalue weighted by atomic mass is 32.1. The topological polar surface area (TPSA) is 24.9 Å². The minimum absolute atomic E-state index is 0.786. The molecule has 1 aromatic heterocycles. The average molecular weight is 208 g/mol. The Morgan fingerprint density at radius 1 is 1.29 bits per heavy atom. The molecule has 14 heavy (non-hydrogen) atoms. The fourth-order valence-corrected chi connectivity index (χ4v) is 3.27. The van der Waals surface area contributed by atoms with Crippen LogP contribution in [0.2, 0.25) is 0 Å². The number of thiazole rings is 1. The number of fused-ring (bicyclic) bond motifs is 1. The molecule has 1 aromatic rings. The summed E-state index contributed by atoms with van der Waals surface area (Å²) in [6, 6.07) is 0.786. The van der Waals surface area contributed by atoms with E-state index in [9.17, 15) is 0 Å². The van der Waals surface area contributed by atoms with Crippen LogP contribution in [0.15, 0.2) is 0 Å². The average Bonchev–Trinajstić information content (AvgIpc) is 2.59. The van der Waals surface area contributed by atoms with Crippen LogP contribution in [0.3, 0.4) is 0 Å². The van der Waals surface area contributed by atoms with Gasteiger partial charge in [-0.3, -0.25) is 0 Å². The molecule has 0 saturated heterocycles. The lowest BCUT2D eigenvalue weighted by molar-refractivity contribution is 0.338. The molecule has 0 amide bonds. The number of nitrogens with zero attached hydrogens (tertiary/aromatic N) is 1. The van der Waals surface area contributed by atoms with Crippen LogP contribution in [-0.4, -0.2) is 11.0 Å². The van der Waals surface area contributed by atoms with Gasteiger partial charge < -0.3 is 5.32 Å². The van der Waals surface area contributed by atoms with Crippen molar-refractivity contribution in [3.63, 3.8) is 0 Å². The van der Waals surface area contributed by atoms with E-state index in [1.165, 1.54) is 49.2 Å². The van der Waals surface area contributed by atoms with Gasteiger partial charge in [0.1, 0.15) is 5.01 Å². The summed E-state index contributed by atoms with van der Waals surface area (Å²) in [4.78, 5) is 6.23. The molecule has 2 aliphatic carbocycles. The van der Waals surface area contributed by atoms with Gasteiger partial charge in [-0.2, -0.15) is 0 Å². The van der Waals surface area contributed by atoms with Gasteiger partial charge in [0.25, 0.3) is 0 Å². The molecule has 2 aliphatic rings. The molecule has 1 N–H and O–H groups in total. The van der Waals surface area contributed by atoms with Crippen LogP contribution >= 0.6 is 11.3 Å². The molecule has 0 atom stereocenters. The Balaban J connectivity index is 1.60. The Morgan fingerprint density at radius 2 is 2.21 bits per heavy atom. The molecule has 3 heteroatoms. The van der Waals surface area contributed by atoms with E-state index in [1.807, 2.05) is 11.3 Å². The van der Waals surface area contributed by atoms with E-state index >= 15 is 0 Å². The van der Waals surface area contributed by atoms with Crippen molar-refractivity contribution < 1.29 is 0 Å². The van der Waals surface area contributed by atoms with Crippen molar-refractivity contribution in [2.45, 2.75) is 51.1 Å². The van der Waals surface area contributed by atoms with Gasteiger partial charge in [-0.15, -0.1) is 11.3 Å². The van der Waals surface area contributed by atoms with Gasteiger partial charge in [0.2, 0.25) is 0 Å². The third kappa shape index (κ3) is 1.59. The van der Waals surface area contributed by atoms with Gasteiger partial charge in [-0.1, -0.05) is 6.42 Å². The highest BCUT2D eigenvalue weighted by molar-refractivity contribution is 7.11. The molecule has 0 radical (unpaired) electrons. The predicted octanol–water partition coefficient (Wildman–Crippen LogP) is 2.27. The third-order valence-corrected chi connectivity index (χ3v) is 4.44. The van der Waals surface area contributed by atoms with Crippen molar-refractivity contribution >= 4 is 11.3 Å². The van der Waals surface area contributed by atoms with Crippen LogP contribution in [0.5, 0.6) is 0 Å². The van der Waals surface area contributed by atoms with Crippen molar-refractivity contribution in [1.82, 2.24) is 10.3 Å². The van der Waals surface area contributed by atoms with Crippen molar-refractivity contribution in [2.24, 2.45) is 0 Å². The summed E-state index contributed by atoms with van der Waals surface area (Å²) in [5.41, 5.74) is 1.39. The quantitative estimate of drug-likeness (QED) is 0.824. The molecular formula is C11H16N2S. The van der Waals surface area contributed by atoms with Gasteiger partial charge in [-0.05, 0) is 32.1 Å². The van der Waals surface area contributed by atoms with Crippen molar-refractivity contribution in [1.29, 1.82) is 0 Å². The van der Waals surface area contributed by atoms with Gasteiger partial charge in [0.15, 0.2) is 0 Å². The number of aryl methyl sites for hydroxylation is 2. The maximum absolute atomic E-state index is 4.68. The molecule has 0 aliphatic heterocycles. The summed E-state index contributed by atoms with van der Waals surface area (Å²) in [6.45, 7) is 1.00. The summed E-state index contributed by atoms with van der Waals surface area (Å²) >= 11 is 1.92. The van der Waals surface area contributed by atoms with Gasteiger partial charge >= 0.3 is 0 Å². The van der Waals surface area contributed by atoms with E-state index in [2.05, 4.69) is 10.3 Å². The van der Waals surface area contributed by atoms with Crippen molar-refractivity contribution in [3.05, 3.63) is 15.6 Å². The van der Waals surface area contributed by atoms with E-state index in [0.29, 0.717) is 0 Å². The Kier molecular flexibility index (Phi) is 2.30. The summed E-state index contributed by atoms with van der Waals surface area (Å²) in [5.74, 6) is 0. The van der Waals surface area contributed by atoms with Crippen LogP contribution in [0.1, 0.15) is 41.3 Å². The number of nitrogens with one attached hydrogen (secondary N) is 1. The maximum Gasteiger partial charge on any atom is 0.107 e. The highest BCUT2D eigenvalue weighted by Crippen LogP contribution is 2.27.